The van der Waals surface area contributed by atoms with Crippen molar-refractivity contribution in [1.29, 1.82) is 0 Å². The average molecular weight is 524 g/mol. The van der Waals surface area contributed by atoms with Gasteiger partial charge in [-0.1, -0.05) is 18.2 Å². The van der Waals surface area contributed by atoms with Gasteiger partial charge < -0.3 is 30.6 Å². The summed E-state index contributed by atoms with van der Waals surface area (Å²) in [5, 5.41) is 65.5. The van der Waals surface area contributed by atoms with Crippen LogP contribution in [0.25, 0.3) is 0 Å². The maximum Gasteiger partial charge on any atom is 0.201 e. The van der Waals surface area contributed by atoms with Gasteiger partial charge in [0.15, 0.2) is 5.78 Å². The Balaban J connectivity index is 1.70. The van der Waals surface area contributed by atoms with E-state index in [-0.39, 0.29) is 50.1 Å². The first-order chi connectivity index (χ1) is 18.5. The second-order valence-electron chi connectivity index (χ2n) is 9.68. The minimum atomic E-state index is -2.43. The minimum Gasteiger partial charge on any atom is -0.507 e. The van der Waals surface area contributed by atoms with Gasteiger partial charge in [0.05, 0.1) is 28.9 Å². The fourth-order valence-electron chi connectivity index (χ4n) is 5.70. The molecule has 1 atom stereocenters. The van der Waals surface area contributed by atoms with E-state index in [0.29, 0.717) is 5.56 Å². The van der Waals surface area contributed by atoms with Gasteiger partial charge >= 0.3 is 0 Å². The SMILES string of the molecule is Cc1cc(O)c2c(c1)C(=O)c1ccc([C@]3(O)c4cccc(O)c4C(=O)c4c(O)cc(CO)cc43)c(O)c1C2=O. The Kier molecular flexibility index (Phi) is 5.00. The number of carbonyl (C=O) groups is 3. The van der Waals surface area contributed by atoms with E-state index in [1.807, 2.05) is 0 Å². The molecule has 4 aromatic carbocycles. The fourth-order valence-corrected chi connectivity index (χ4v) is 5.70. The molecule has 0 amide bonds. The molecule has 6 rings (SSSR count). The van der Waals surface area contributed by atoms with E-state index in [4.69, 9.17) is 0 Å². The van der Waals surface area contributed by atoms with Gasteiger partial charge in [-0.25, -0.2) is 0 Å². The average Bonchev–Trinajstić information content (AvgIpc) is 2.89. The van der Waals surface area contributed by atoms with Crippen LogP contribution in [0.5, 0.6) is 23.0 Å². The highest BCUT2D eigenvalue weighted by molar-refractivity contribution is 6.30. The van der Waals surface area contributed by atoms with Crippen LogP contribution in [0.1, 0.15) is 75.6 Å². The number of rotatable bonds is 2. The highest BCUT2D eigenvalue weighted by Gasteiger charge is 2.49. The highest BCUT2D eigenvalue weighted by Crippen LogP contribution is 2.52. The number of hydrogen-bond donors (Lipinski definition) is 6. The molecular formula is C30H20O9. The summed E-state index contributed by atoms with van der Waals surface area (Å²) < 4.78 is 0. The summed E-state index contributed by atoms with van der Waals surface area (Å²) in [7, 11) is 0. The van der Waals surface area contributed by atoms with Crippen LogP contribution in [-0.4, -0.2) is 48.0 Å². The predicted octanol–water partition coefficient (Wildman–Crippen LogP) is 2.91. The molecule has 0 fully saturated rings. The molecule has 9 nitrogen and oxygen atoms in total. The van der Waals surface area contributed by atoms with Crippen molar-refractivity contribution >= 4 is 17.3 Å². The maximum absolute atomic E-state index is 13.6. The standard InChI is InChI=1S/C30H20O9/c1-12-7-15-22(20(33)8-12)28(37)23-14(26(15)35)5-6-17(27(23)36)30(39)16-3-2-4-19(32)24(16)29(38)25-18(30)9-13(11-31)10-21(25)34/h2-10,31-34,36,39H,11H2,1H3/t30-/m1/s1. The quantitative estimate of drug-likeness (QED) is 0.203. The van der Waals surface area contributed by atoms with Crippen molar-refractivity contribution in [2.75, 3.05) is 0 Å². The van der Waals surface area contributed by atoms with Crippen LogP contribution in [0.3, 0.4) is 0 Å². The Morgan fingerprint density at radius 1 is 0.641 bits per heavy atom. The summed E-state index contributed by atoms with van der Waals surface area (Å²) in [6.45, 7) is 1.09. The third kappa shape index (κ3) is 3.05. The number of phenols is 4. The molecule has 0 saturated carbocycles. The van der Waals surface area contributed by atoms with Crippen LogP contribution in [0.2, 0.25) is 0 Å². The largest absolute Gasteiger partial charge is 0.507 e. The van der Waals surface area contributed by atoms with Crippen LogP contribution in [0.15, 0.2) is 54.6 Å². The summed E-state index contributed by atoms with van der Waals surface area (Å²) in [4.78, 5) is 40.3. The number of carbonyl (C=O) groups excluding carboxylic acids is 3. The van der Waals surface area contributed by atoms with Gasteiger partial charge in [-0.05, 0) is 54.4 Å². The van der Waals surface area contributed by atoms with Gasteiger partial charge in [-0.2, -0.15) is 0 Å². The number of phenolic OH excluding ortho intramolecular Hbond substituents is 4. The van der Waals surface area contributed by atoms with Crippen LogP contribution in [0, 0.1) is 6.92 Å². The smallest absolute Gasteiger partial charge is 0.201 e. The second-order valence-corrected chi connectivity index (χ2v) is 9.68. The Bertz CT molecular complexity index is 1820. The molecule has 4 aromatic rings. The Morgan fingerprint density at radius 2 is 1.31 bits per heavy atom. The Hall–Kier alpha value is -4.99. The maximum atomic E-state index is 13.6. The van der Waals surface area contributed by atoms with Crippen molar-refractivity contribution in [3.8, 4) is 23.0 Å². The highest BCUT2D eigenvalue weighted by atomic mass is 16.3. The third-order valence-electron chi connectivity index (χ3n) is 7.41. The first-order valence-corrected chi connectivity index (χ1v) is 11.9. The second kappa shape index (κ2) is 8.00. The monoisotopic (exact) mass is 524 g/mol. The zero-order valence-electron chi connectivity index (χ0n) is 20.3. The molecule has 6 N–H and O–H groups in total. The van der Waals surface area contributed by atoms with E-state index in [0.717, 1.165) is 6.07 Å². The van der Waals surface area contributed by atoms with Crippen molar-refractivity contribution < 1.29 is 45.0 Å². The summed E-state index contributed by atoms with van der Waals surface area (Å²) in [6.07, 6.45) is 0. The number of aromatic hydroxyl groups is 4. The van der Waals surface area contributed by atoms with E-state index in [2.05, 4.69) is 0 Å². The molecule has 0 aromatic heterocycles. The van der Waals surface area contributed by atoms with Crippen molar-refractivity contribution in [2.24, 2.45) is 0 Å². The van der Waals surface area contributed by atoms with E-state index in [9.17, 15) is 45.0 Å². The number of aliphatic hydroxyl groups excluding tert-OH is 1. The molecule has 2 aliphatic carbocycles. The summed E-state index contributed by atoms with van der Waals surface area (Å²) in [6, 6.07) is 11.6. The molecule has 0 radical (unpaired) electrons. The lowest BCUT2D eigenvalue weighted by Crippen LogP contribution is -2.37. The van der Waals surface area contributed by atoms with Crippen molar-refractivity contribution in [2.45, 2.75) is 19.1 Å². The molecule has 194 valence electrons. The van der Waals surface area contributed by atoms with Gasteiger partial charge in [0.2, 0.25) is 11.6 Å². The number of ketones is 3. The van der Waals surface area contributed by atoms with Crippen LogP contribution in [0.4, 0.5) is 0 Å². The lowest BCUT2D eigenvalue weighted by molar-refractivity contribution is 0.0924. The molecule has 0 unspecified atom stereocenters. The summed E-state index contributed by atoms with van der Waals surface area (Å²) in [5.74, 6) is -4.58. The van der Waals surface area contributed by atoms with E-state index >= 15 is 0 Å². The number of aliphatic hydroxyl groups is 2. The Morgan fingerprint density at radius 3 is 2.03 bits per heavy atom. The van der Waals surface area contributed by atoms with Crippen molar-refractivity contribution in [3.05, 3.63) is 116 Å². The lowest BCUT2D eigenvalue weighted by atomic mass is 9.68. The number of benzene rings is 4. The lowest BCUT2D eigenvalue weighted by Gasteiger charge is -2.38. The van der Waals surface area contributed by atoms with Crippen molar-refractivity contribution in [3.63, 3.8) is 0 Å². The number of hydrogen-bond acceptors (Lipinski definition) is 9. The topological polar surface area (TPSA) is 173 Å². The predicted molar refractivity (Wildman–Crippen MR) is 135 cm³/mol. The molecular weight excluding hydrogens is 504 g/mol. The minimum absolute atomic E-state index is 0.0303. The van der Waals surface area contributed by atoms with Crippen molar-refractivity contribution in [1.82, 2.24) is 0 Å². The van der Waals surface area contributed by atoms with Gasteiger partial charge in [-0.3, -0.25) is 14.4 Å². The zero-order valence-corrected chi connectivity index (χ0v) is 20.3. The first-order valence-electron chi connectivity index (χ1n) is 11.9. The molecule has 0 aliphatic heterocycles. The molecule has 9 heteroatoms. The van der Waals surface area contributed by atoms with Gasteiger partial charge in [0.1, 0.15) is 28.6 Å². The third-order valence-corrected chi connectivity index (χ3v) is 7.41. The normalized spacial score (nSPS) is 17.4. The zero-order chi connectivity index (χ0) is 28.0. The van der Waals surface area contributed by atoms with Crippen LogP contribution >= 0.6 is 0 Å². The molecule has 0 spiro atoms. The number of fused-ring (bicyclic) bond motifs is 4. The van der Waals surface area contributed by atoms with Crippen LogP contribution < -0.4 is 0 Å². The van der Waals surface area contributed by atoms with Gasteiger partial charge in [-0.15, -0.1) is 0 Å². The summed E-state index contributed by atoms with van der Waals surface area (Å²) in [5.41, 5.74) is -4.09. The van der Waals surface area contributed by atoms with E-state index in [1.54, 1.807) is 6.92 Å². The molecule has 39 heavy (non-hydrogen) atoms. The molecule has 0 heterocycles. The molecule has 0 bridgehead atoms. The van der Waals surface area contributed by atoms with Crippen LogP contribution in [-0.2, 0) is 12.2 Å². The van der Waals surface area contributed by atoms with E-state index in [1.165, 1.54) is 48.5 Å². The van der Waals surface area contributed by atoms with Gasteiger partial charge in [0, 0.05) is 27.8 Å². The van der Waals surface area contributed by atoms with Gasteiger partial charge in [0.25, 0.3) is 0 Å². The van der Waals surface area contributed by atoms with E-state index < -0.39 is 58.1 Å². The number of aryl methyl sites for hydroxylation is 1. The first kappa shape index (κ1) is 24.4. The molecule has 0 saturated heterocycles. The summed E-state index contributed by atoms with van der Waals surface area (Å²) >= 11 is 0. The fraction of sp³-hybridized carbons (Fsp3) is 0.100. The Labute approximate surface area is 220 Å². The molecule has 2 aliphatic rings.